The second-order valence-electron chi connectivity index (χ2n) is 4.50. The van der Waals surface area contributed by atoms with Gasteiger partial charge in [-0.1, -0.05) is 18.7 Å². The molecule has 2 rings (SSSR count). The SMILES string of the molecule is CC(CSc1nc2c([nH]1)c(=O)n(C)c(=O)n2C)C(=O)O. The van der Waals surface area contributed by atoms with Crippen LogP contribution in [0.15, 0.2) is 14.7 Å². The number of rotatable bonds is 4. The molecule has 0 aliphatic heterocycles. The van der Waals surface area contributed by atoms with Gasteiger partial charge in [-0.25, -0.2) is 9.78 Å². The number of aromatic nitrogens is 4. The molecule has 0 spiro atoms. The van der Waals surface area contributed by atoms with Crippen LogP contribution in [-0.4, -0.2) is 35.9 Å². The number of aliphatic carboxylic acids is 1. The van der Waals surface area contributed by atoms with E-state index in [9.17, 15) is 14.4 Å². The van der Waals surface area contributed by atoms with Gasteiger partial charge in [-0.05, 0) is 0 Å². The minimum Gasteiger partial charge on any atom is -0.481 e. The van der Waals surface area contributed by atoms with E-state index >= 15 is 0 Å². The molecule has 0 radical (unpaired) electrons. The summed E-state index contributed by atoms with van der Waals surface area (Å²) in [5, 5.41) is 9.24. The molecular formula is C11H14N4O4S. The molecule has 0 aliphatic rings. The smallest absolute Gasteiger partial charge is 0.332 e. The van der Waals surface area contributed by atoms with E-state index in [1.165, 1.54) is 30.4 Å². The number of fused-ring (bicyclic) bond motifs is 1. The first-order chi connectivity index (χ1) is 9.32. The van der Waals surface area contributed by atoms with E-state index in [-0.39, 0.29) is 11.2 Å². The number of aryl methyl sites for hydroxylation is 1. The maximum atomic E-state index is 11.9. The molecule has 1 atom stereocenters. The van der Waals surface area contributed by atoms with Crippen molar-refractivity contribution >= 4 is 28.9 Å². The number of aromatic amines is 1. The summed E-state index contributed by atoms with van der Waals surface area (Å²) in [6.07, 6.45) is 0. The maximum Gasteiger partial charge on any atom is 0.332 e. The summed E-state index contributed by atoms with van der Waals surface area (Å²) >= 11 is 1.20. The Morgan fingerprint density at radius 2 is 2.05 bits per heavy atom. The molecule has 2 N–H and O–H groups in total. The van der Waals surface area contributed by atoms with Crippen LogP contribution in [-0.2, 0) is 18.9 Å². The van der Waals surface area contributed by atoms with Gasteiger partial charge in [-0.15, -0.1) is 0 Å². The Kier molecular flexibility index (Phi) is 3.71. The van der Waals surface area contributed by atoms with Gasteiger partial charge in [0.15, 0.2) is 16.3 Å². The summed E-state index contributed by atoms with van der Waals surface area (Å²) in [5.41, 5.74) is -0.401. The molecule has 8 nitrogen and oxygen atoms in total. The highest BCUT2D eigenvalue weighted by atomic mass is 32.2. The van der Waals surface area contributed by atoms with Crippen molar-refractivity contribution in [2.45, 2.75) is 12.1 Å². The lowest BCUT2D eigenvalue weighted by Crippen LogP contribution is -2.36. The monoisotopic (exact) mass is 298 g/mol. The van der Waals surface area contributed by atoms with Crippen LogP contribution in [0.5, 0.6) is 0 Å². The summed E-state index contributed by atoms with van der Waals surface area (Å²) in [6, 6.07) is 0. The molecule has 0 amide bonds. The number of nitrogens with zero attached hydrogens (tertiary/aromatic N) is 3. The molecule has 0 aromatic carbocycles. The highest BCUT2D eigenvalue weighted by Gasteiger charge is 2.16. The second kappa shape index (κ2) is 5.16. The molecule has 0 saturated heterocycles. The first-order valence-electron chi connectivity index (χ1n) is 5.84. The number of nitrogens with one attached hydrogen (secondary N) is 1. The van der Waals surface area contributed by atoms with Crippen LogP contribution in [0, 0.1) is 5.92 Å². The minimum atomic E-state index is -0.892. The molecule has 1 unspecified atom stereocenters. The normalized spacial score (nSPS) is 12.8. The summed E-state index contributed by atoms with van der Waals surface area (Å²) in [4.78, 5) is 41.4. The molecule has 0 saturated carbocycles. The zero-order valence-corrected chi connectivity index (χ0v) is 12.0. The van der Waals surface area contributed by atoms with E-state index in [1.807, 2.05) is 0 Å². The number of imidazole rings is 1. The maximum absolute atomic E-state index is 11.9. The van der Waals surface area contributed by atoms with E-state index in [0.29, 0.717) is 10.9 Å². The minimum absolute atomic E-state index is 0.236. The van der Waals surface area contributed by atoms with Gasteiger partial charge in [-0.3, -0.25) is 18.7 Å². The van der Waals surface area contributed by atoms with Crippen LogP contribution in [0.3, 0.4) is 0 Å². The number of hydrogen-bond acceptors (Lipinski definition) is 5. The zero-order valence-electron chi connectivity index (χ0n) is 11.2. The van der Waals surface area contributed by atoms with Crippen molar-refractivity contribution in [1.29, 1.82) is 0 Å². The van der Waals surface area contributed by atoms with Crippen molar-refractivity contribution in [2.75, 3.05) is 5.75 Å². The van der Waals surface area contributed by atoms with E-state index in [1.54, 1.807) is 6.92 Å². The molecule has 0 bridgehead atoms. The number of carboxylic acids is 1. The van der Waals surface area contributed by atoms with Crippen LogP contribution >= 0.6 is 11.8 Å². The van der Waals surface area contributed by atoms with E-state index in [4.69, 9.17) is 5.11 Å². The Bertz CT molecular complexity index is 788. The lowest BCUT2D eigenvalue weighted by Gasteiger charge is -2.02. The summed E-state index contributed by atoms with van der Waals surface area (Å²) < 4.78 is 2.27. The van der Waals surface area contributed by atoms with Crippen molar-refractivity contribution in [3.63, 3.8) is 0 Å². The van der Waals surface area contributed by atoms with Crippen LogP contribution in [0.2, 0.25) is 0 Å². The van der Waals surface area contributed by atoms with Crippen LogP contribution in [0.1, 0.15) is 6.92 Å². The predicted octanol–water partition coefficient (Wildman–Crippen LogP) is -0.227. The fourth-order valence-corrected chi connectivity index (χ4v) is 2.52. The van der Waals surface area contributed by atoms with E-state index < -0.39 is 23.1 Å². The van der Waals surface area contributed by atoms with Gasteiger partial charge in [0.1, 0.15) is 0 Å². The van der Waals surface area contributed by atoms with Crippen LogP contribution in [0.25, 0.3) is 11.2 Å². The quantitative estimate of drug-likeness (QED) is 0.755. The number of carbonyl (C=O) groups is 1. The van der Waals surface area contributed by atoms with Crippen LogP contribution in [0.4, 0.5) is 0 Å². The average molecular weight is 298 g/mol. The standard InChI is InChI=1S/C11H14N4O4S/c1-5(9(17)18)4-20-10-12-6-7(13-10)14(2)11(19)15(3)8(6)16/h5H,4H2,1-3H3,(H,12,13)(H,17,18). The predicted molar refractivity (Wildman–Crippen MR) is 74.1 cm³/mol. The first kappa shape index (κ1) is 14.4. The van der Waals surface area contributed by atoms with E-state index in [0.717, 1.165) is 4.57 Å². The summed E-state index contributed by atoms with van der Waals surface area (Å²) in [6.45, 7) is 1.59. The molecular weight excluding hydrogens is 284 g/mol. The molecule has 108 valence electrons. The van der Waals surface area contributed by atoms with Crippen molar-refractivity contribution in [2.24, 2.45) is 20.0 Å². The molecule has 9 heteroatoms. The number of H-pyrrole nitrogens is 1. The number of hydrogen-bond donors (Lipinski definition) is 2. The van der Waals surface area contributed by atoms with Gasteiger partial charge in [0, 0.05) is 19.8 Å². The van der Waals surface area contributed by atoms with Gasteiger partial charge in [0.05, 0.1) is 5.92 Å². The fourth-order valence-electron chi connectivity index (χ4n) is 1.65. The molecule has 2 heterocycles. The average Bonchev–Trinajstić information content (AvgIpc) is 2.84. The van der Waals surface area contributed by atoms with E-state index in [2.05, 4.69) is 9.97 Å². The Hall–Kier alpha value is -2.03. The Labute approximate surface area is 117 Å². The lowest BCUT2D eigenvalue weighted by atomic mass is 10.2. The number of thioether (sulfide) groups is 1. The van der Waals surface area contributed by atoms with Crippen molar-refractivity contribution in [3.05, 3.63) is 20.8 Å². The topological polar surface area (TPSA) is 110 Å². The largest absolute Gasteiger partial charge is 0.481 e. The molecule has 2 aromatic rings. The lowest BCUT2D eigenvalue weighted by molar-refractivity contribution is -0.140. The van der Waals surface area contributed by atoms with Gasteiger partial charge >= 0.3 is 11.7 Å². The molecule has 0 aliphatic carbocycles. The molecule has 20 heavy (non-hydrogen) atoms. The van der Waals surface area contributed by atoms with Gasteiger partial charge in [0.25, 0.3) is 5.56 Å². The Morgan fingerprint density at radius 1 is 1.40 bits per heavy atom. The first-order valence-corrected chi connectivity index (χ1v) is 6.82. The van der Waals surface area contributed by atoms with Crippen molar-refractivity contribution in [1.82, 2.24) is 19.1 Å². The van der Waals surface area contributed by atoms with Crippen molar-refractivity contribution in [3.8, 4) is 0 Å². The summed E-state index contributed by atoms with van der Waals surface area (Å²) in [7, 11) is 2.92. The highest BCUT2D eigenvalue weighted by molar-refractivity contribution is 7.99. The fraction of sp³-hybridized carbons (Fsp3) is 0.455. The van der Waals surface area contributed by atoms with Gasteiger partial charge in [0.2, 0.25) is 0 Å². The van der Waals surface area contributed by atoms with Crippen molar-refractivity contribution < 1.29 is 9.90 Å². The second-order valence-corrected chi connectivity index (χ2v) is 5.51. The third-order valence-electron chi connectivity index (χ3n) is 2.96. The Balaban J connectivity index is 2.42. The highest BCUT2D eigenvalue weighted by Crippen LogP contribution is 2.19. The zero-order chi connectivity index (χ0) is 15.0. The number of carboxylic acid groups (broad SMARTS) is 1. The van der Waals surface area contributed by atoms with Gasteiger partial charge in [-0.2, -0.15) is 0 Å². The van der Waals surface area contributed by atoms with Gasteiger partial charge < -0.3 is 10.1 Å². The Morgan fingerprint density at radius 3 is 2.65 bits per heavy atom. The third-order valence-corrected chi connectivity index (χ3v) is 4.10. The molecule has 2 aromatic heterocycles. The summed E-state index contributed by atoms with van der Waals surface area (Å²) in [5.74, 6) is -1.10. The van der Waals surface area contributed by atoms with Crippen LogP contribution < -0.4 is 11.2 Å². The molecule has 0 fully saturated rings. The third kappa shape index (κ3) is 2.36.